The van der Waals surface area contributed by atoms with Crippen molar-refractivity contribution in [2.45, 2.75) is 20.0 Å². The van der Waals surface area contributed by atoms with Gasteiger partial charge in [0.05, 0.1) is 12.0 Å². The van der Waals surface area contributed by atoms with Crippen LogP contribution in [0.25, 0.3) is 0 Å². The molecule has 0 fully saturated rings. The van der Waals surface area contributed by atoms with E-state index in [1.165, 1.54) is 11.1 Å². The third-order valence-corrected chi connectivity index (χ3v) is 4.44. The Morgan fingerprint density at radius 2 is 1.78 bits per heavy atom. The average molecular weight is 375 g/mol. The molecule has 0 radical (unpaired) electrons. The molecule has 2 aromatic rings. The maximum atomic E-state index is 5.80. The highest BCUT2D eigenvalue weighted by Crippen LogP contribution is 2.35. The van der Waals surface area contributed by atoms with Gasteiger partial charge < -0.3 is 9.64 Å². The molecule has 122 valence electrons. The lowest BCUT2D eigenvalue weighted by Gasteiger charge is -2.21. The first kappa shape index (κ1) is 17.7. The summed E-state index contributed by atoms with van der Waals surface area (Å²) in [5.41, 5.74) is 5.59. The van der Waals surface area contributed by atoms with Crippen molar-refractivity contribution in [3.8, 4) is 0 Å². The molecule has 0 aliphatic heterocycles. The van der Waals surface area contributed by atoms with Crippen molar-refractivity contribution in [3.05, 3.63) is 63.1 Å². The molecule has 0 aromatic heterocycles. The van der Waals surface area contributed by atoms with Gasteiger partial charge >= 0.3 is 0 Å². The molecule has 0 aliphatic rings. The average Bonchev–Trinajstić information content (AvgIpc) is 2.51. The molecule has 0 saturated carbocycles. The minimum Gasteiger partial charge on any atom is -0.372 e. The summed E-state index contributed by atoms with van der Waals surface area (Å²) in [5.74, 6) is 0. The van der Waals surface area contributed by atoms with Crippen molar-refractivity contribution in [1.82, 2.24) is 4.90 Å². The van der Waals surface area contributed by atoms with E-state index in [2.05, 4.69) is 53.0 Å². The van der Waals surface area contributed by atoms with E-state index in [1.807, 2.05) is 43.5 Å². The number of benzene rings is 2. The number of rotatable bonds is 5. The fourth-order valence-corrected chi connectivity index (χ4v) is 3.02. The lowest BCUT2D eigenvalue weighted by atomic mass is 9.95. The van der Waals surface area contributed by atoms with Gasteiger partial charge in [0.2, 0.25) is 0 Å². The highest BCUT2D eigenvalue weighted by Gasteiger charge is 2.19. The van der Waals surface area contributed by atoms with Gasteiger partial charge in [0.1, 0.15) is 6.10 Å². The molecule has 23 heavy (non-hydrogen) atoms. The zero-order valence-corrected chi connectivity index (χ0v) is 15.9. The van der Waals surface area contributed by atoms with Crippen LogP contribution in [0.4, 0.5) is 5.69 Å². The summed E-state index contributed by atoms with van der Waals surface area (Å²) in [6.07, 6.45) is 1.72. The SMILES string of the molecule is COC(c1cc(C)c(/N=C\N(C)C)cc1C)c1ccccc1Br. The van der Waals surface area contributed by atoms with Crippen LogP contribution in [0.3, 0.4) is 0 Å². The molecule has 0 N–H and O–H groups in total. The second-order valence-electron chi connectivity index (χ2n) is 5.84. The summed E-state index contributed by atoms with van der Waals surface area (Å²) in [6.45, 7) is 4.18. The fraction of sp³-hybridized carbons (Fsp3) is 0.316. The molecule has 0 bridgehead atoms. The van der Waals surface area contributed by atoms with Crippen LogP contribution in [0.5, 0.6) is 0 Å². The number of nitrogens with zero attached hydrogens (tertiary/aromatic N) is 2. The molecule has 0 aliphatic carbocycles. The van der Waals surface area contributed by atoms with Gasteiger partial charge in [-0.05, 0) is 48.2 Å². The van der Waals surface area contributed by atoms with Crippen molar-refractivity contribution in [2.75, 3.05) is 21.2 Å². The molecule has 2 aromatic carbocycles. The van der Waals surface area contributed by atoms with Gasteiger partial charge in [-0.3, -0.25) is 0 Å². The molecule has 2 rings (SSSR count). The van der Waals surface area contributed by atoms with Crippen molar-refractivity contribution in [1.29, 1.82) is 0 Å². The Hall–Kier alpha value is -1.65. The Kier molecular flexibility index (Phi) is 5.97. The van der Waals surface area contributed by atoms with Crippen molar-refractivity contribution >= 4 is 28.0 Å². The Morgan fingerprint density at radius 3 is 2.39 bits per heavy atom. The quantitative estimate of drug-likeness (QED) is 0.541. The van der Waals surface area contributed by atoms with Crippen molar-refractivity contribution < 1.29 is 4.74 Å². The third kappa shape index (κ3) is 4.21. The first-order chi connectivity index (χ1) is 10.9. The van der Waals surface area contributed by atoms with Crippen LogP contribution in [-0.2, 0) is 4.74 Å². The van der Waals surface area contributed by atoms with Crippen LogP contribution in [0.1, 0.15) is 28.4 Å². The first-order valence-corrected chi connectivity index (χ1v) is 8.32. The zero-order valence-electron chi connectivity index (χ0n) is 14.3. The molecule has 0 amide bonds. The molecule has 1 unspecified atom stereocenters. The number of halogens is 1. The Balaban J connectivity index is 2.46. The maximum absolute atomic E-state index is 5.80. The smallest absolute Gasteiger partial charge is 0.109 e. The Morgan fingerprint density at radius 1 is 1.09 bits per heavy atom. The Bertz CT molecular complexity index is 711. The van der Waals surface area contributed by atoms with Gasteiger partial charge in [0.15, 0.2) is 0 Å². The second-order valence-corrected chi connectivity index (χ2v) is 6.70. The summed E-state index contributed by atoms with van der Waals surface area (Å²) in [7, 11) is 5.68. The minimum atomic E-state index is -0.101. The molecule has 0 saturated heterocycles. The highest BCUT2D eigenvalue weighted by molar-refractivity contribution is 9.10. The van der Waals surface area contributed by atoms with Gasteiger partial charge in [-0.2, -0.15) is 0 Å². The molecule has 4 heteroatoms. The van der Waals surface area contributed by atoms with Crippen LogP contribution in [0.2, 0.25) is 0 Å². The summed E-state index contributed by atoms with van der Waals surface area (Å²) in [5, 5.41) is 0. The Labute approximate surface area is 147 Å². The van der Waals surface area contributed by atoms with E-state index in [0.717, 1.165) is 21.3 Å². The fourth-order valence-electron chi connectivity index (χ4n) is 2.53. The van der Waals surface area contributed by atoms with Gasteiger partial charge in [-0.1, -0.05) is 40.2 Å². The number of hydrogen-bond acceptors (Lipinski definition) is 2. The first-order valence-electron chi connectivity index (χ1n) is 7.53. The summed E-state index contributed by atoms with van der Waals surface area (Å²) in [6, 6.07) is 12.5. The summed E-state index contributed by atoms with van der Waals surface area (Å²) >= 11 is 3.62. The predicted molar refractivity (Wildman–Crippen MR) is 101 cm³/mol. The van der Waals surface area contributed by atoms with E-state index >= 15 is 0 Å². The van der Waals surface area contributed by atoms with Gasteiger partial charge in [-0.25, -0.2) is 4.99 Å². The highest BCUT2D eigenvalue weighted by atomic mass is 79.9. The van der Waals surface area contributed by atoms with Crippen molar-refractivity contribution in [3.63, 3.8) is 0 Å². The number of aliphatic imine (C=N–C) groups is 1. The molecule has 1 atom stereocenters. The monoisotopic (exact) mass is 374 g/mol. The number of aryl methyl sites for hydroxylation is 2. The van der Waals surface area contributed by atoms with Gasteiger partial charge in [0, 0.05) is 25.7 Å². The largest absolute Gasteiger partial charge is 0.372 e. The van der Waals surface area contributed by atoms with Gasteiger partial charge in [-0.15, -0.1) is 0 Å². The molecule has 0 heterocycles. The predicted octanol–water partition coefficient (Wildman–Crippen LogP) is 5.02. The molecule has 3 nitrogen and oxygen atoms in total. The molecule has 0 spiro atoms. The lowest BCUT2D eigenvalue weighted by molar-refractivity contribution is 0.135. The zero-order chi connectivity index (χ0) is 17.0. The van der Waals surface area contributed by atoms with Crippen molar-refractivity contribution in [2.24, 2.45) is 4.99 Å². The van der Waals surface area contributed by atoms with Gasteiger partial charge in [0.25, 0.3) is 0 Å². The maximum Gasteiger partial charge on any atom is 0.109 e. The number of methoxy groups -OCH3 is 1. The van der Waals surface area contributed by atoms with E-state index in [1.54, 1.807) is 7.11 Å². The number of ether oxygens (including phenoxy) is 1. The topological polar surface area (TPSA) is 24.8 Å². The van der Waals surface area contributed by atoms with E-state index in [4.69, 9.17) is 4.74 Å². The van der Waals surface area contributed by atoms with Crippen LogP contribution in [0.15, 0.2) is 45.9 Å². The van der Waals surface area contributed by atoms with E-state index in [0.29, 0.717) is 0 Å². The molecular formula is C19H23BrN2O. The lowest BCUT2D eigenvalue weighted by Crippen LogP contribution is -2.08. The number of hydrogen-bond donors (Lipinski definition) is 0. The molecular weight excluding hydrogens is 352 g/mol. The van der Waals surface area contributed by atoms with E-state index in [9.17, 15) is 0 Å². The standard InChI is InChI=1S/C19H23BrN2O/c1-13-11-18(21-12-22(3)4)14(2)10-16(13)19(23-5)15-8-6-7-9-17(15)20/h6-12,19H,1-5H3/b21-12-. The van der Waals surface area contributed by atoms with E-state index < -0.39 is 0 Å². The minimum absolute atomic E-state index is 0.101. The van der Waals surface area contributed by atoms with Crippen LogP contribution in [-0.4, -0.2) is 32.4 Å². The van der Waals surface area contributed by atoms with E-state index in [-0.39, 0.29) is 6.10 Å². The summed E-state index contributed by atoms with van der Waals surface area (Å²) in [4.78, 5) is 6.47. The summed E-state index contributed by atoms with van der Waals surface area (Å²) < 4.78 is 6.85. The normalized spacial score (nSPS) is 12.6. The van der Waals surface area contributed by atoms with Crippen LogP contribution < -0.4 is 0 Å². The third-order valence-electron chi connectivity index (χ3n) is 3.72. The van der Waals surface area contributed by atoms with Crippen LogP contribution >= 0.6 is 15.9 Å². The second kappa shape index (κ2) is 7.75. The van der Waals surface area contributed by atoms with Crippen LogP contribution in [0, 0.1) is 13.8 Å².